The maximum atomic E-state index is 14.6. The molecule has 0 spiro atoms. The minimum absolute atomic E-state index is 0.00674. The quantitative estimate of drug-likeness (QED) is 0.303. The first-order valence-electron chi connectivity index (χ1n) is 11.0. The molecule has 0 saturated carbocycles. The number of halogens is 1. The number of nitrogens with one attached hydrogen (secondary N) is 3. The van der Waals surface area contributed by atoms with Gasteiger partial charge in [-0.15, -0.1) is 0 Å². The molecule has 2 unspecified atom stereocenters. The zero-order valence-corrected chi connectivity index (χ0v) is 19.4. The minimum atomic E-state index is -1.13. The zero-order chi connectivity index (χ0) is 24.9. The van der Waals surface area contributed by atoms with E-state index in [1.54, 1.807) is 30.3 Å². The fourth-order valence-electron chi connectivity index (χ4n) is 3.83. The summed E-state index contributed by atoms with van der Waals surface area (Å²) in [5.41, 5.74) is 1.23. The molecule has 184 valence electrons. The van der Waals surface area contributed by atoms with E-state index in [0.29, 0.717) is 28.2 Å². The van der Waals surface area contributed by atoms with Crippen LogP contribution in [0.3, 0.4) is 0 Å². The van der Waals surface area contributed by atoms with E-state index in [1.807, 2.05) is 0 Å². The molecule has 35 heavy (non-hydrogen) atoms. The Morgan fingerprint density at radius 3 is 2.54 bits per heavy atom. The third kappa shape index (κ3) is 6.25. The summed E-state index contributed by atoms with van der Waals surface area (Å²) in [6, 6.07) is 9.43. The van der Waals surface area contributed by atoms with Gasteiger partial charge in [0.2, 0.25) is 11.8 Å². The van der Waals surface area contributed by atoms with E-state index in [2.05, 4.69) is 15.6 Å². The Morgan fingerprint density at radius 1 is 1.20 bits per heavy atom. The first kappa shape index (κ1) is 24.4. The second-order valence-corrected chi connectivity index (χ2v) is 9.29. The molecule has 2 atom stereocenters. The molecule has 2 aromatic carbocycles. The number of rotatable bonds is 9. The zero-order valence-electron chi connectivity index (χ0n) is 18.5. The highest BCUT2D eigenvalue weighted by Gasteiger charge is 2.27. The number of benzene rings is 2. The molecule has 5 N–H and O–H groups in total. The summed E-state index contributed by atoms with van der Waals surface area (Å²) in [4.78, 5) is 37.5. The highest BCUT2D eigenvalue weighted by atomic mass is 32.1. The fraction of sp³-hybridized carbons (Fsp3) is 0.292. The number of carboxylic acids is 1. The van der Waals surface area contributed by atoms with Gasteiger partial charge in [-0.25, -0.2) is 9.18 Å². The fourth-order valence-corrected chi connectivity index (χ4v) is 4.59. The molecular formula is C24H24FN3O6S. The molecule has 2 heterocycles. The van der Waals surface area contributed by atoms with Crippen LogP contribution >= 0.6 is 11.3 Å². The van der Waals surface area contributed by atoms with E-state index in [1.165, 1.54) is 12.1 Å². The van der Waals surface area contributed by atoms with Gasteiger partial charge in [0, 0.05) is 12.8 Å². The molecule has 4 rings (SSSR count). The first-order valence-corrected chi connectivity index (χ1v) is 11.8. The van der Waals surface area contributed by atoms with Gasteiger partial charge in [0.15, 0.2) is 11.6 Å². The molecular weight excluding hydrogens is 477 g/mol. The van der Waals surface area contributed by atoms with Gasteiger partial charge in [-0.3, -0.25) is 14.6 Å². The number of aromatic hydroxyl groups is 1. The molecule has 1 aliphatic heterocycles. The number of aromatic amines is 1. The van der Waals surface area contributed by atoms with Gasteiger partial charge in [0.05, 0.1) is 10.9 Å². The number of carboxylic acid groups (broad SMARTS) is 1. The molecule has 9 nitrogen and oxygen atoms in total. The summed E-state index contributed by atoms with van der Waals surface area (Å²) in [6.45, 7) is 0.736. The highest BCUT2D eigenvalue weighted by Crippen LogP contribution is 2.28. The first-order chi connectivity index (χ1) is 16.8. The number of hydrogen-bond donors (Lipinski definition) is 5. The average Bonchev–Trinajstić information content (AvgIpc) is 3.46. The van der Waals surface area contributed by atoms with E-state index in [4.69, 9.17) is 4.74 Å². The molecule has 0 bridgehead atoms. The summed E-state index contributed by atoms with van der Waals surface area (Å²) in [7, 11) is 0. The second-order valence-electron chi connectivity index (χ2n) is 8.23. The summed E-state index contributed by atoms with van der Waals surface area (Å²) < 4.78 is 20.2. The normalized spacial score (nSPS) is 16.1. The monoisotopic (exact) mass is 501 g/mol. The van der Waals surface area contributed by atoms with Crippen molar-refractivity contribution in [3.05, 3.63) is 74.0 Å². The summed E-state index contributed by atoms with van der Waals surface area (Å²) in [6.07, 6.45) is 1.84. The van der Waals surface area contributed by atoms with E-state index in [0.717, 1.165) is 24.3 Å². The maximum Gasteiger partial charge on any atom is 0.326 e. The van der Waals surface area contributed by atoms with E-state index in [9.17, 15) is 29.0 Å². The third-order valence-corrected chi connectivity index (χ3v) is 6.52. The van der Waals surface area contributed by atoms with Gasteiger partial charge < -0.3 is 25.6 Å². The molecule has 11 heteroatoms. The number of ether oxygens (including phenoxy) is 1. The Hall–Kier alpha value is -3.70. The van der Waals surface area contributed by atoms with Crippen LogP contribution in [0.1, 0.15) is 28.8 Å². The standard InChI is InChI=1S/C24H24FN3O6S/c25-16-10-14(12-20-22(30)28-24(33)35-20)5-8-19(16)34-15-6-3-13(4-7-15)11-18(23(31)32)27-21(29)17-2-1-9-26-17/h3-8,10,17-18,26,30H,1-2,9,11-12H2,(H,27,29)(H,28,33)(H,31,32). The number of H-pyrrole nitrogens is 1. The summed E-state index contributed by atoms with van der Waals surface area (Å²) in [5, 5.41) is 24.8. The highest BCUT2D eigenvalue weighted by molar-refractivity contribution is 7.09. The number of amides is 1. The van der Waals surface area contributed by atoms with Gasteiger partial charge in [-0.05, 0) is 54.8 Å². The Bertz CT molecular complexity index is 1270. The largest absolute Gasteiger partial charge is 0.494 e. The third-order valence-electron chi connectivity index (χ3n) is 5.64. The van der Waals surface area contributed by atoms with Crippen LogP contribution in [0, 0.1) is 5.82 Å². The van der Waals surface area contributed by atoms with E-state index < -0.39 is 17.8 Å². The average molecular weight is 502 g/mol. The van der Waals surface area contributed by atoms with Crippen molar-refractivity contribution in [3.8, 4) is 17.4 Å². The number of hydrogen-bond acceptors (Lipinski definition) is 7. The van der Waals surface area contributed by atoms with Crippen LogP contribution in [0.2, 0.25) is 0 Å². The second kappa shape index (κ2) is 10.7. The van der Waals surface area contributed by atoms with Crippen LogP contribution in [0.4, 0.5) is 4.39 Å². The van der Waals surface area contributed by atoms with Gasteiger partial charge in [-0.1, -0.05) is 29.5 Å². The molecule has 3 aromatic rings. The molecule has 0 aliphatic carbocycles. The Morgan fingerprint density at radius 2 is 1.94 bits per heavy atom. The Kier molecular flexibility index (Phi) is 7.47. The number of thiazole rings is 1. The number of aliphatic carboxylic acids is 1. The van der Waals surface area contributed by atoms with Crippen LogP contribution in [0.5, 0.6) is 17.4 Å². The SMILES string of the molecule is O=C(O)C(Cc1ccc(Oc2ccc(Cc3sc(=O)[nH]c3O)cc2F)cc1)NC(=O)C1CCCN1. The lowest BCUT2D eigenvalue weighted by molar-refractivity contribution is -0.142. The topological polar surface area (TPSA) is 141 Å². The summed E-state index contributed by atoms with van der Waals surface area (Å²) >= 11 is 0.861. The van der Waals surface area contributed by atoms with Crippen LogP contribution < -0.4 is 20.2 Å². The van der Waals surface area contributed by atoms with Crippen molar-refractivity contribution in [3.63, 3.8) is 0 Å². The Labute approximate surface area is 203 Å². The molecule has 1 aliphatic rings. The van der Waals surface area contributed by atoms with Crippen molar-refractivity contribution in [1.29, 1.82) is 0 Å². The van der Waals surface area contributed by atoms with Crippen LogP contribution in [-0.4, -0.2) is 45.7 Å². The van der Waals surface area contributed by atoms with Crippen molar-refractivity contribution < 1.29 is 28.9 Å². The molecule has 1 saturated heterocycles. The van der Waals surface area contributed by atoms with Crippen molar-refractivity contribution in [2.75, 3.05) is 6.54 Å². The van der Waals surface area contributed by atoms with Gasteiger partial charge >= 0.3 is 10.8 Å². The Balaban J connectivity index is 1.37. The molecule has 0 radical (unpaired) electrons. The number of carbonyl (C=O) groups excluding carboxylic acids is 1. The lowest BCUT2D eigenvalue weighted by Crippen LogP contribution is -2.49. The minimum Gasteiger partial charge on any atom is -0.494 e. The number of aromatic nitrogens is 1. The lowest BCUT2D eigenvalue weighted by Gasteiger charge is -2.18. The van der Waals surface area contributed by atoms with Crippen molar-refractivity contribution in [1.82, 2.24) is 15.6 Å². The molecule has 1 fully saturated rings. The predicted molar refractivity (Wildman–Crippen MR) is 127 cm³/mol. The maximum absolute atomic E-state index is 14.6. The smallest absolute Gasteiger partial charge is 0.326 e. The van der Waals surface area contributed by atoms with Crippen molar-refractivity contribution >= 4 is 23.2 Å². The van der Waals surface area contributed by atoms with E-state index in [-0.39, 0.29) is 41.3 Å². The van der Waals surface area contributed by atoms with Gasteiger partial charge in [-0.2, -0.15) is 0 Å². The van der Waals surface area contributed by atoms with Crippen molar-refractivity contribution in [2.24, 2.45) is 0 Å². The van der Waals surface area contributed by atoms with E-state index >= 15 is 0 Å². The van der Waals surface area contributed by atoms with Crippen molar-refractivity contribution in [2.45, 2.75) is 37.8 Å². The van der Waals surface area contributed by atoms with Crippen LogP contribution in [-0.2, 0) is 22.4 Å². The lowest BCUT2D eigenvalue weighted by atomic mass is 10.1. The number of carbonyl (C=O) groups is 2. The van der Waals surface area contributed by atoms with Gasteiger partial charge in [0.1, 0.15) is 11.8 Å². The predicted octanol–water partition coefficient (Wildman–Crippen LogP) is 2.53. The van der Waals surface area contributed by atoms with Crippen LogP contribution in [0.15, 0.2) is 47.3 Å². The summed E-state index contributed by atoms with van der Waals surface area (Å²) in [5.74, 6) is -1.93. The molecule has 1 aromatic heterocycles. The molecule has 1 amide bonds. The van der Waals surface area contributed by atoms with Gasteiger partial charge in [0.25, 0.3) is 0 Å². The van der Waals surface area contributed by atoms with Crippen LogP contribution in [0.25, 0.3) is 0 Å².